The number of esters is 2. The Morgan fingerprint density at radius 3 is 2.66 bits per heavy atom. The predicted molar refractivity (Wildman–Crippen MR) is 107 cm³/mol. The van der Waals surface area contributed by atoms with Crippen LogP contribution in [0.15, 0.2) is 58.1 Å². The Morgan fingerprint density at radius 1 is 1.31 bits per heavy atom. The quantitative estimate of drug-likeness (QED) is 0.509. The summed E-state index contributed by atoms with van der Waals surface area (Å²) in [6, 6.07) is 5.02. The molecule has 1 spiro atoms. The summed E-state index contributed by atoms with van der Waals surface area (Å²) in [4.78, 5) is 39.2. The van der Waals surface area contributed by atoms with Crippen LogP contribution in [0, 0.1) is 0 Å². The molecule has 1 amide bonds. The standard InChI is InChI=1S/C20H19BrN2O6/c1-4-8-28-17(24)14-10(3)29-16(22)15(18(25)27-5-2)20(14)12-9-11(21)6-7-13(12)23-19(20)26/h4,6-7,9H,1,5,8,22H2,2-3H3,(H,23,26). The fourth-order valence-corrected chi connectivity index (χ4v) is 3.93. The maximum absolute atomic E-state index is 13.4. The molecule has 0 aromatic heterocycles. The van der Waals surface area contributed by atoms with Gasteiger partial charge in [0.25, 0.3) is 0 Å². The largest absolute Gasteiger partial charge is 0.462 e. The van der Waals surface area contributed by atoms with Crippen LogP contribution in [-0.2, 0) is 34.0 Å². The SMILES string of the molecule is C=CCOC(=O)C1=C(C)OC(N)=C(C(=O)OCC)C12C(=O)Nc1ccc(Br)cc12. The van der Waals surface area contributed by atoms with Crippen LogP contribution in [0.25, 0.3) is 0 Å². The lowest BCUT2D eigenvalue weighted by Gasteiger charge is -2.35. The van der Waals surface area contributed by atoms with E-state index in [2.05, 4.69) is 27.8 Å². The monoisotopic (exact) mass is 462 g/mol. The fraction of sp³-hybridized carbons (Fsp3) is 0.250. The number of allylic oxidation sites excluding steroid dienone is 1. The molecular weight excluding hydrogens is 444 g/mol. The number of nitrogens with one attached hydrogen (secondary N) is 1. The van der Waals surface area contributed by atoms with E-state index >= 15 is 0 Å². The van der Waals surface area contributed by atoms with Crippen molar-refractivity contribution in [2.75, 3.05) is 18.5 Å². The molecule has 1 aromatic rings. The summed E-state index contributed by atoms with van der Waals surface area (Å²) in [6.07, 6.45) is 1.39. The molecule has 152 valence electrons. The van der Waals surface area contributed by atoms with Crippen molar-refractivity contribution in [3.05, 3.63) is 63.7 Å². The van der Waals surface area contributed by atoms with Crippen LogP contribution in [0.3, 0.4) is 0 Å². The van der Waals surface area contributed by atoms with Gasteiger partial charge in [-0.15, -0.1) is 0 Å². The number of halogens is 1. The lowest BCUT2D eigenvalue weighted by molar-refractivity contribution is -0.142. The Kier molecular flexibility index (Phi) is 5.52. The first-order valence-electron chi connectivity index (χ1n) is 8.75. The normalized spacial score (nSPS) is 20.2. The Balaban J connectivity index is 2.36. The number of carbonyl (C=O) groups is 3. The molecule has 3 rings (SSSR count). The summed E-state index contributed by atoms with van der Waals surface area (Å²) in [7, 11) is 0. The molecule has 2 aliphatic heterocycles. The van der Waals surface area contributed by atoms with Crippen molar-refractivity contribution in [1.82, 2.24) is 0 Å². The highest BCUT2D eigenvalue weighted by molar-refractivity contribution is 9.10. The van der Waals surface area contributed by atoms with E-state index in [9.17, 15) is 14.4 Å². The minimum absolute atomic E-state index is 0.0393. The van der Waals surface area contributed by atoms with E-state index in [4.69, 9.17) is 19.9 Å². The van der Waals surface area contributed by atoms with Gasteiger partial charge in [-0.3, -0.25) is 4.79 Å². The van der Waals surface area contributed by atoms with Crippen molar-refractivity contribution in [1.29, 1.82) is 0 Å². The number of amides is 1. The molecule has 2 heterocycles. The number of hydrogen-bond acceptors (Lipinski definition) is 7. The topological polar surface area (TPSA) is 117 Å². The molecule has 3 N–H and O–H groups in total. The third kappa shape index (κ3) is 3.11. The van der Waals surface area contributed by atoms with Crippen LogP contribution in [0.1, 0.15) is 19.4 Å². The highest BCUT2D eigenvalue weighted by atomic mass is 79.9. The lowest BCUT2D eigenvalue weighted by Crippen LogP contribution is -2.48. The summed E-state index contributed by atoms with van der Waals surface area (Å²) in [6.45, 7) is 6.56. The second-order valence-corrected chi connectivity index (χ2v) is 7.19. The van der Waals surface area contributed by atoms with E-state index in [1.807, 2.05) is 0 Å². The van der Waals surface area contributed by atoms with Crippen LogP contribution in [0.4, 0.5) is 5.69 Å². The smallest absolute Gasteiger partial charge is 0.341 e. The van der Waals surface area contributed by atoms with E-state index in [-0.39, 0.29) is 36.0 Å². The van der Waals surface area contributed by atoms with Crippen molar-refractivity contribution in [2.45, 2.75) is 19.3 Å². The van der Waals surface area contributed by atoms with Gasteiger partial charge in [-0.25, -0.2) is 9.59 Å². The Bertz CT molecular complexity index is 997. The van der Waals surface area contributed by atoms with Gasteiger partial charge in [-0.05, 0) is 32.0 Å². The Hall–Kier alpha value is -3.07. The first kappa shape index (κ1) is 20.7. The first-order valence-corrected chi connectivity index (χ1v) is 9.54. The number of nitrogens with two attached hydrogens (primary N) is 1. The zero-order valence-electron chi connectivity index (χ0n) is 15.8. The van der Waals surface area contributed by atoms with Crippen molar-refractivity contribution >= 4 is 39.5 Å². The molecule has 0 saturated carbocycles. The molecule has 0 aliphatic carbocycles. The van der Waals surface area contributed by atoms with Gasteiger partial charge in [0.15, 0.2) is 0 Å². The van der Waals surface area contributed by atoms with Crippen molar-refractivity contribution in [2.24, 2.45) is 5.73 Å². The van der Waals surface area contributed by atoms with Gasteiger partial charge in [-0.2, -0.15) is 0 Å². The van der Waals surface area contributed by atoms with Gasteiger partial charge >= 0.3 is 11.9 Å². The molecular formula is C20H19BrN2O6. The Morgan fingerprint density at radius 2 is 2.00 bits per heavy atom. The average molecular weight is 463 g/mol. The van der Waals surface area contributed by atoms with Gasteiger partial charge in [-0.1, -0.05) is 28.6 Å². The van der Waals surface area contributed by atoms with E-state index in [0.29, 0.717) is 15.7 Å². The van der Waals surface area contributed by atoms with Gasteiger partial charge in [0, 0.05) is 15.7 Å². The third-order valence-electron chi connectivity index (χ3n) is 4.60. The maximum Gasteiger partial charge on any atom is 0.341 e. The van der Waals surface area contributed by atoms with Gasteiger partial charge in [0.05, 0.1) is 6.61 Å². The van der Waals surface area contributed by atoms with Crippen molar-refractivity contribution in [3.63, 3.8) is 0 Å². The minimum atomic E-state index is -1.88. The zero-order chi connectivity index (χ0) is 21.3. The molecule has 1 aromatic carbocycles. The summed E-state index contributed by atoms with van der Waals surface area (Å²) < 4.78 is 16.5. The van der Waals surface area contributed by atoms with Crippen LogP contribution in [-0.4, -0.2) is 31.1 Å². The summed E-state index contributed by atoms with van der Waals surface area (Å²) in [5, 5.41) is 2.72. The molecule has 29 heavy (non-hydrogen) atoms. The van der Waals surface area contributed by atoms with Crippen LogP contribution in [0.2, 0.25) is 0 Å². The molecule has 2 aliphatic rings. The first-order chi connectivity index (χ1) is 13.8. The third-order valence-corrected chi connectivity index (χ3v) is 5.10. The molecule has 0 bridgehead atoms. The number of fused-ring (bicyclic) bond motifs is 2. The zero-order valence-corrected chi connectivity index (χ0v) is 17.4. The van der Waals surface area contributed by atoms with Gasteiger partial charge < -0.3 is 25.3 Å². The molecule has 9 heteroatoms. The second kappa shape index (κ2) is 7.75. The minimum Gasteiger partial charge on any atom is -0.462 e. The van der Waals surface area contributed by atoms with Crippen LogP contribution < -0.4 is 11.1 Å². The van der Waals surface area contributed by atoms with Crippen molar-refractivity contribution in [3.8, 4) is 0 Å². The van der Waals surface area contributed by atoms with E-state index in [0.717, 1.165) is 0 Å². The average Bonchev–Trinajstić information content (AvgIpc) is 2.92. The number of hydrogen-bond donors (Lipinski definition) is 2. The highest BCUT2D eigenvalue weighted by Crippen LogP contribution is 2.53. The molecule has 0 fully saturated rings. The number of anilines is 1. The number of ether oxygens (including phenoxy) is 3. The number of rotatable bonds is 5. The summed E-state index contributed by atoms with van der Waals surface area (Å²) in [5.41, 5.74) is 4.52. The predicted octanol–water partition coefficient (Wildman–Crippen LogP) is 2.41. The maximum atomic E-state index is 13.4. The fourth-order valence-electron chi connectivity index (χ4n) is 3.57. The van der Waals surface area contributed by atoms with Crippen LogP contribution in [0.5, 0.6) is 0 Å². The van der Waals surface area contributed by atoms with Crippen LogP contribution >= 0.6 is 15.9 Å². The van der Waals surface area contributed by atoms with Gasteiger partial charge in [0.2, 0.25) is 11.8 Å². The van der Waals surface area contributed by atoms with E-state index in [1.165, 1.54) is 13.0 Å². The highest BCUT2D eigenvalue weighted by Gasteiger charge is 2.61. The molecule has 0 saturated heterocycles. The number of carbonyl (C=O) groups excluding carboxylic acids is 3. The molecule has 1 atom stereocenters. The van der Waals surface area contributed by atoms with Gasteiger partial charge in [0.1, 0.15) is 28.9 Å². The molecule has 8 nitrogen and oxygen atoms in total. The lowest BCUT2D eigenvalue weighted by atomic mass is 9.67. The molecule has 0 radical (unpaired) electrons. The summed E-state index contributed by atoms with van der Waals surface area (Å²) >= 11 is 3.37. The summed E-state index contributed by atoms with van der Waals surface area (Å²) in [5.74, 6) is -2.60. The Labute approximate surface area is 175 Å². The van der Waals surface area contributed by atoms with Crippen molar-refractivity contribution < 1.29 is 28.6 Å². The second-order valence-electron chi connectivity index (χ2n) is 6.27. The molecule has 1 unspecified atom stereocenters. The van der Waals surface area contributed by atoms with E-state index < -0.39 is 23.3 Å². The number of benzene rings is 1. The van der Waals surface area contributed by atoms with E-state index in [1.54, 1.807) is 25.1 Å².